The summed E-state index contributed by atoms with van der Waals surface area (Å²) in [7, 11) is 1.94. The largest absolute Gasteiger partial charge is 0.308 e. The molecule has 20 heavy (non-hydrogen) atoms. The van der Waals surface area contributed by atoms with Gasteiger partial charge in [0.15, 0.2) is 0 Å². The molecule has 0 fully saturated rings. The van der Waals surface area contributed by atoms with Gasteiger partial charge in [0.25, 0.3) is 0 Å². The molecule has 2 heterocycles. The highest BCUT2D eigenvalue weighted by Crippen LogP contribution is 2.34. The lowest BCUT2D eigenvalue weighted by atomic mass is 10.2. The molecule has 0 bridgehead atoms. The van der Waals surface area contributed by atoms with Gasteiger partial charge in [-0.05, 0) is 13.0 Å². The van der Waals surface area contributed by atoms with E-state index in [1.54, 1.807) is 11.3 Å². The summed E-state index contributed by atoms with van der Waals surface area (Å²) >= 11 is 8.18. The molecule has 0 saturated carbocycles. The van der Waals surface area contributed by atoms with Gasteiger partial charge in [-0.2, -0.15) is 5.10 Å². The van der Waals surface area contributed by atoms with Gasteiger partial charge < -0.3 is 5.32 Å². The minimum atomic E-state index is 0.784. The summed E-state index contributed by atoms with van der Waals surface area (Å²) in [5.41, 5.74) is 2.30. The molecule has 3 nitrogen and oxygen atoms in total. The van der Waals surface area contributed by atoms with E-state index in [4.69, 9.17) is 11.6 Å². The third-order valence-corrected chi connectivity index (χ3v) is 5.03. The van der Waals surface area contributed by atoms with Gasteiger partial charge >= 0.3 is 0 Å². The molecule has 1 aromatic carbocycles. The van der Waals surface area contributed by atoms with Crippen molar-refractivity contribution in [2.75, 3.05) is 0 Å². The molecule has 0 atom stereocenters. The number of rotatable bonds is 4. The van der Waals surface area contributed by atoms with E-state index in [0.717, 1.165) is 29.2 Å². The Balaban J connectivity index is 1.71. The van der Waals surface area contributed by atoms with Gasteiger partial charge in [0.05, 0.1) is 10.7 Å². The zero-order chi connectivity index (χ0) is 14.1. The first-order valence-corrected chi connectivity index (χ1v) is 7.70. The second-order valence-corrected chi connectivity index (χ2v) is 6.37. The molecule has 0 aliphatic heterocycles. The van der Waals surface area contributed by atoms with E-state index in [1.165, 1.54) is 15.1 Å². The smallest absolute Gasteiger partial charge is 0.0638 e. The number of hydrogen-bond acceptors (Lipinski definition) is 3. The van der Waals surface area contributed by atoms with Crippen LogP contribution in [0, 0.1) is 6.92 Å². The van der Waals surface area contributed by atoms with Crippen molar-refractivity contribution in [2.45, 2.75) is 20.0 Å². The standard InChI is InChI=1S/C15H16ClN3S/c1-10-11(9-19(2)18-10)7-17-8-14-15(16)12-5-3-4-6-13(12)20-14/h3-6,9,17H,7-8H2,1-2H3. The maximum Gasteiger partial charge on any atom is 0.0638 e. The molecular formula is C15H16ClN3S. The van der Waals surface area contributed by atoms with Gasteiger partial charge in [0, 0.05) is 46.9 Å². The lowest BCUT2D eigenvalue weighted by Gasteiger charge is -2.02. The van der Waals surface area contributed by atoms with Crippen LogP contribution in [0.5, 0.6) is 0 Å². The molecule has 0 aliphatic rings. The highest BCUT2D eigenvalue weighted by Gasteiger charge is 2.09. The maximum atomic E-state index is 6.43. The normalized spacial score (nSPS) is 11.3. The lowest BCUT2D eigenvalue weighted by Crippen LogP contribution is -2.12. The second kappa shape index (κ2) is 5.56. The van der Waals surface area contributed by atoms with E-state index in [1.807, 2.05) is 30.8 Å². The van der Waals surface area contributed by atoms with Crippen molar-refractivity contribution in [1.82, 2.24) is 15.1 Å². The summed E-state index contributed by atoms with van der Waals surface area (Å²) in [4.78, 5) is 1.19. The number of aromatic nitrogens is 2. The van der Waals surface area contributed by atoms with Crippen LogP contribution in [-0.4, -0.2) is 9.78 Å². The molecule has 0 unspecified atom stereocenters. The van der Waals surface area contributed by atoms with Gasteiger partial charge in [-0.25, -0.2) is 0 Å². The number of thiophene rings is 1. The van der Waals surface area contributed by atoms with E-state index in [0.29, 0.717) is 0 Å². The van der Waals surface area contributed by atoms with E-state index in [2.05, 4.69) is 28.7 Å². The number of nitrogens with zero attached hydrogens (tertiary/aromatic N) is 2. The molecule has 2 aromatic heterocycles. The average Bonchev–Trinajstić information content (AvgIpc) is 2.91. The molecule has 0 radical (unpaired) electrons. The van der Waals surface area contributed by atoms with Crippen LogP contribution >= 0.6 is 22.9 Å². The van der Waals surface area contributed by atoms with Gasteiger partial charge in [-0.3, -0.25) is 4.68 Å². The molecule has 0 saturated heterocycles. The van der Waals surface area contributed by atoms with Crippen LogP contribution in [0.25, 0.3) is 10.1 Å². The first kappa shape index (κ1) is 13.6. The quantitative estimate of drug-likeness (QED) is 0.792. The summed E-state index contributed by atoms with van der Waals surface area (Å²) in [5, 5.41) is 9.81. The summed E-state index contributed by atoms with van der Waals surface area (Å²) in [6, 6.07) is 8.26. The SMILES string of the molecule is Cc1nn(C)cc1CNCc1sc2ccccc2c1Cl. The molecule has 0 spiro atoms. The molecule has 3 aromatic rings. The Morgan fingerprint density at radius 1 is 1.30 bits per heavy atom. The predicted octanol–water partition coefficient (Wildman–Crippen LogP) is 3.89. The fraction of sp³-hybridized carbons (Fsp3) is 0.267. The third-order valence-electron chi connectivity index (χ3n) is 3.32. The van der Waals surface area contributed by atoms with Crippen molar-refractivity contribution in [3.05, 3.63) is 51.6 Å². The molecule has 0 aliphatic carbocycles. The van der Waals surface area contributed by atoms with Crippen LogP contribution in [0.2, 0.25) is 5.02 Å². The van der Waals surface area contributed by atoms with E-state index in [9.17, 15) is 0 Å². The van der Waals surface area contributed by atoms with Crippen LogP contribution < -0.4 is 5.32 Å². The van der Waals surface area contributed by atoms with Crippen molar-refractivity contribution in [3.63, 3.8) is 0 Å². The highest BCUT2D eigenvalue weighted by molar-refractivity contribution is 7.19. The summed E-state index contributed by atoms with van der Waals surface area (Å²) in [6.07, 6.45) is 2.05. The lowest BCUT2D eigenvalue weighted by molar-refractivity contribution is 0.698. The Labute approximate surface area is 127 Å². The zero-order valence-corrected chi connectivity index (χ0v) is 13.1. The Bertz CT molecular complexity index is 745. The van der Waals surface area contributed by atoms with Crippen molar-refractivity contribution in [1.29, 1.82) is 0 Å². The van der Waals surface area contributed by atoms with Crippen molar-refractivity contribution in [3.8, 4) is 0 Å². The fourth-order valence-corrected chi connectivity index (χ4v) is 3.78. The first-order chi connectivity index (χ1) is 9.65. The maximum absolute atomic E-state index is 6.43. The molecule has 3 rings (SSSR count). The molecule has 5 heteroatoms. The molecule has 1 N–H and O–H groups in total. The molecule has 0 amide bonds. The van der Waals surface area contributed by atoms with Gasteiger partial charge in [0.2, 0.25) is 0 Å². The van der Waals surface area contributed by atoms with Crippen LogP contribution in [0.1, 0.15) is 16.1 Å². The van der Waals surface area contributed by atoms with Crippen LogP contribution in [0.4, 0.5) is 0 Å². The van der Waals surface area contributed by atoms with E-state index in [-0.39, 0.29) is 0 Å². The topological polar surface area (TPSA) is 29.9 Å². The van der Waals surface area contributed by atoms with Gasteiger partial charge in [-0.15, -0.1) is 11.3 Å². The number of benzene rings is 1. The van der Waals surface area contributed by atoms with Crippen molar-refractivity contribution in [2.24, 2.45) is 7.05 Å². The minimum Gasteiger partial charge on any atom is -0.308 e. The van der Waals surface area contributed by atoms with E-state index >= 15 is 0 Å². The van der Waals surface area contributed by atoms with Crippen molar-refractivity contribution >= 4 is 33.0 Å². The minimum absolute atomic E-state index is 0.784. The Morgan fingerprint density at radius 2 is 2.10 bits per heavy atom. The van der Waals surface area contributed by atoms with Crippen LogP contribution in [0.3, 0.4) is 0 Å². The fourth-order valence-electron chi connectivity index (χ4n) is 2.31. The van der Waals surface area contributed by atoms with Crippen LogP contribution in [-0.2, 0) is 20.1 Å². The van der Waals surface area contributed by atoms with Gasteiger partial charge in [-0.1, -0.05) is 29.8 Å². The summed E-state index contributed by atoms with van der Waals surface area (Å²) < 4.78 is 3.09. The average molecular weight is 306 g/mol. The van der Waals surface area contributed by atoms with Crippen molar-refractivity contribution < 1.29 is 0 Å². The Morgan fingerprint density at radius 3 is 2.80 bits per heavy atom. The summed E-state index contributed by atoms with van der Waals surface area (Å²) in [6.45, 7) is 3.63. The Kier molecular flexibility index (Phi) is 3.78. The number of aryl methyl sites for hydroxylation is 2. The van der Waals surface area contributed by atoms with Crippen LogP contribution in [0.15, 0.2) is 30.5 Å². The number of hydrogen-bond donors (Lipinski definition) is 1. The summed E-state index contributed by atoms with van der Waals surface area (Å²) in [5.74, 6) is 0. The van der Waals surface area contributed by atoms with Gasteiger partial charge in [0.1, 0.15) is 0 Å². The monoisotopic (exact) mass is 305 g/mol. The Hall–Kier alpha value is -1.36. The third kappa shape index (κ3) is 2.59. The molecular weight excluding hydrogens is 290 g/mol. The molecule has 104 valence electrons. The number of fused-ring (bicyclic) bond motifs is 1. The predicted molar refractivity (Wildman–Crippen MR) is 85.3 cm³/mol. The number of nitrogens with one attached hydrogen (secondary N) is 1. The highest BCUT2D eigenvalue weighted by atomic mass is 35.5. The first-order valence-electron chi connectivity index (χ1n) is 6.51. The van der Waals surface area contributed by atoms with E-state index < -0.39 is 0 Å². The zero-order valence-electron chi connectivity index (χ0n) is 11.5. The second-order valence-electron chi connectivity index (χ2n) is 4.85. The number of halogens is 1.